The third-order valence-electron chi connectivity index (χ3n) is 3.45. The van der Waals surface area contributed by atoms with E-state index < -0.39 is 9.84 Å². The second-order valence-electron chi connectivity index (χ2n) is 6.06. The zero-order valence-corrected chi connectivity index (χ0v) is 21.4. The van der Waals surface area contributed by atoms with Crippen LogP contribution in [0.2, 0.25) is 0 Å². The van der Waals surface area contributed by atoms with Gasteiger partial charge < -0.3 is 20.1 Å². The monoisotopic (exact) mass is 562 g/mol. The molecule has 0 aliphatic heterocycles. The molecule has 1 aromatic heterocycles. The maximum Gasteiger partial charge on any atom is 0.350 e. The first-order valence-electron chi connectivity index (χ1n) is 9.12. The Morgan fingerprint density at radius 1 is 1.31 bits per heavy atom. The van der Waals surface area contributed by atoms with Crippen LogP contribution in [0, 0.1) is 6.92 Å². The van der Waals surface area contributed by atoms with Crippen LogP contribution < -0.4 is 10.6 Å². The van der Waals surface area contributed by atoms with Crippen molar-refractivity contribution >= 4 is 57.1 Å². The van der Waals surface area contributed by atoms with Gasteiger partial charge in [0.25, 0.3) is 0 Å². The molecule has 0 radical (unpaired) electrons. The molecule has 1 rings (SSSR count). The molecule has 29 heavy (non-hydrogen) atoms. The lowest BCUT2D eigenvalue weighted by Crippen LogP contribution is -2.39. The molecule has 1 unspecified atom stereocenters. The van der Waals surface area contributed by atoms with Crippen molar-refractivity contribution in [2.75, 3.05) is 44.9 Å². The van der Waals surface area contributed by atoms with Gasteiger partial charge in [-0.05, 0) is 27.7 Å². The average Bonchev–Trinajstić information content (AvgIpc) is 2.99. The van der Waals surface area contributed by atoms with E-state index in [4.69, 9.17) is 9.47 Å². The highest BCUT2D eigenvalue weighted by Crippen LogP contribution is 2.24. The number of halogens is 1. The molecule has 0 aromatic carbocycles. The van der Waals surface area contributed by atoms with Crippen LogP contribution >= 0.6 is 35.3 Å². The smallest absolute Gasteiger partial charge is 0.350 e. The summed E-state index contributed by atoms with van der Waals surface area (Å²) in [5.74, 6) is 0.230. The number of guanidine groups is 1. The Kier molecular flexibility index (Phi) is 13.6. The van der Waals surface area contributed by atoms with Crippen molar-refractivity contribution in [3.8, 4) is 0 Å². The highest BCUT2D eigenvalue weighted by atomic mass is 127. The quantitative estimate of drug-likeness (QED) is 0.138. The molecule has 0 saturated carbocycles. The summed E-state index contributed by atoms with van der Waals surface area (Å²) in [6, 6.07) is -0.157. The summed E-state index contributed by atoms with van der Waals surface area (Å²) in [4.78, 5) is 21.3. The summed E-state index contributed by atoms with van der Waals surface area (Å²) in [5, 5.41) is 7.14. The van der Waals surface area contributed by atoms with Gasteiger partial charge in [0.05, 0.1) is 43.9 Å². The number of ether oxygens (including phenoxy) is 2. The van der Waals surface area contributed by atoms with E-state index >= 15 is 0 Å². The lowest BCUT2D eigenvalue weighted by molar-refractivity contribution is 0.0531. The number of nitrogens with zero attached hydrogens (tertiary/aromatic N) is 2. The highest BCUT2D eigenvalue weighted by molar-refractivity contribution is 14.0. The molecule has 0 aliphatic rings. The maximum atomic E-state index is 12.0. The minimum Gasteiger partial charge on any atom is -0.462 e. The predicted molar refractivity (Wildman–Crippen MR) is 126 cm³/mol. The fraction of sp³-hybridized carbons (Fsp3) is 0.706. The summed E-state index contributed by atoms with van der Waals surface area (Å²) < 4.78 is 32.5. The third kappa shape index (κ3) is 11.1. The number of carbonyl (C=O) groups is 1. The van der Waals surface area contributed by atoms with Gasteiger partial charge in [-0.15, -0.1) is 35.3 Å². The molecular formula is C17H31IN4O5S2. The minimum absolute atomic E-state index is 0. The van der Waals surface area contributed by atoms with Crippen LogP contribution in [0.15, 0.2) is 4.99 Å². The number of aliphatic imine (C=N–C) groups is 1. The van der Waals surface area contributed by atoms with E-state index in [2.05, 4.69) is 20.6 Å². The number of sulfone groups is 1. The van der Waals surface area contributed by atoms with Crippen molar-refractivity contribution in [2.45, 2.75) is 33.7 Å². The van der Waals surface area contributed by atoms with Gasteiger partial charge >= 0.3 is 5.97 Å². The number of esters is 1. The van der Waals surface area contributed by atoms with Crippen LogP contribution in [0.1, 0.15) is 47.2 Å². The van der Waals surface area contributed by atoms with E-state index in [1.165, 1.54) is 17.6 Å². The maximum absolute atomic E-state index is 12.0. The van der Waals surface area contributed by atoms with E-state index in [1.807, 2.05) is 13.8 Å². The van der Waals surface area contributed by atoms with Crippen LogP contribution in [-0.4, -0.2) is 70.2 Å². The molecule has 9 nitrogen and oxygen atoms in total. The molecule has 2 N–H and O–H groups in total. The lowest BCUT2D eigenvalue weighted by Gasteiger charge is -2.16. The van der Waals surface area contributed by atoms with Gasteiger partial charge in [-0.25, -0.2) is 18.2 Å². The van der Waals surface area contributed by atoms with E-state index in [-0.39, 0.29) is 48.3 Å². The van der Waals surface area contributed by atoms with Crippen LogP contribution in [0.25, 0.3) is 0 Å². The van der Waals surface area contributed by atoms with Crippen LogP contribution in [0.4, 0.5) is 0 Å². The first-order chi connectivity index (χ1) is 13.2. The molecule has 0 bridgehead atoms. The first kappa shape index (κ1) is 28.0. The van der Waals surface area contributed by atoms with Crippen LogP contribution in [-0.2, 0) is 19.3 Å². The molecule has 12 heteroatoms. The standard InChI is InChI=1S/C17H30N4O5S2.HI/c1-6-18-17(19-8-9-25-10-11-28(5,23)24)21-13(4)15-20-12(3)14(27-15)16(22)26-7-2;/h13H,6-11H2,1-5H3,(H2,18,19,21);1H. The van der Waals surface area contributed by atoms with Gasteiger partial charge in [0.1, 0.15) is 19.7 Å². The Bertz CT molecular complexity index is 768. The van der Waals surface area contributed by atoms with E-state index in [0.717, 1.165) is 5.01 Å². The number of hydrogen-bond donors (Lipinski definition) is 2. The molecule has 0 spiro atoms. The Morgan fingerprint density at radius 2 is 2.00 bits per heavy atom. The third-order valence-corrected chi connectivity index (χ3v) is 5.67. The SMILES string of the molecule is CCNC(=NCCOCCS(C)(=O)=O)NC(C)c1nc(C)c(C(=O)OCC)s1.I. The average molecular weight is 562 g/mol. The normalized spacial score (nSPS) is 12.8. The summed E-state index contributed by atoms with van der Waals surface area (Å²) in [5.41, 5.74) is 0.647. The summed E-state index contributed by atoms with van der Waals surface area (Å²) in [7, 11) is -3.02. The Morgan fingerprint density at radius 3 is 2.59 bits per heavy atom. The molecule has 168 valence electrons. The molecule has 1 heterocycles. The van der Waals surface area contributed by atoms with Crippen molar-refractivity contribution in [1.82, 2.24) is 15.6 Å². The summed E-state index contributed by atoms with van der Waals surface area (Å²) in [6.07, 6.45) is 1.18. The zero-order chi connectivity index (χ0) is 21.2. The van der Waals surface area contributed by atoms with Crippen LogP contribution in [0.3, 0.4) is 0 Å². The van der Waals surface area contributed by atoms with Crippen molar-refractivity contribution in [1.29, 1.82) is 0 Å². The van der Waals surface area contributed by atoms with Gasteiger partial charge in [0, 0.05) is 12.8 Å². The van der Waals surface area contributed by atoms with Crippen molar-refractivity contribution < 1.29 is 22.7 Å². The Labute approximate surface area is 194 Å². The Balaban J connectivity index is 0.00000784. The molecular weight excluding hydrogens is 531 g/mol. The number of thiazole rings is 1. The molecule has 0 saturated heterocycles. The highest BCUT2D eigenvalue weighted by Gasteiger charge is 2.20. The van der Waals surface area contributed by atoms with Gasteiger partial charge in [-0.2, -0.15) is 0 Å². The number of nitrogens with one attached hydrogen (secondary N) is 2. The molecule has 1 atom stereocenters. The number of rotatable bonds is 11. The van der Waals surface area contributed by atoms with Gasteiger partial charge in [0.15, 0.2) is 5.96 Å². The topological polar surface area (TPSA) is 119 Å². The van der Waals surface area contributed by atoms with E-state index in [0.29, 0.717) is 42.8 Å². The van der Waals surface area contributed by atoms with Crippen molar-refractivity contribution in [3.63, 3.8) is 0 Å². The Hall–Kier alpha value is -0.990. The van der Waals surface area contributed by atoms with Crippen LogP contribution in [0.5, 0.6) is 0 Å². The number of carbonyl (C=O) groups excluding carboxylic acids is 1. The van der Waals surface area contributed by atoms with E-state index in [9.17, 15) is 13.2 Å². The first-order valence-corrected chi connectivity index (χ1v) is 12.0. The number of aryl methyl sites for hydroxylation is 1. The summed E-state index contributed by atoms with van der Waals surface area (Å²) in [6.45, 7) is 9.31. The minimum atomic E-state index is -3.02. The van der Waals surface area contributed by atoms with Gasteiger partial charge in [-0.1, -0.05) is 0 Å². The van der Waals surface area contributed by atoms with E-state index in [1.54, 1.807) is 13.8 Å². The fourth-order valence-electron chi connectivity index (χ4n) is 2.11. The van der Waals surface area contributed by atoms with Gasteiger partial charge in [0.2, 0.25) is 0 Å². The van der Waals surface area contributed by atoms with Crippen molar-refractivity contribution in [3.05, 3.63) is 15.6 Å². The van der Waals surface area contributed by atoms with Gasteiger partial charge in [-0.3, -0.25) is 4.99 Å². The second-order valence-corrected chi connectivity index (χ2v) is 9.35. The zero-order valence-electron chi connectivity index (χ0n) is 17.5. The fourth-order valence-corrected chi connectivity index (χ4v) is 3.49. The largest absolute Gasteiger partial charge is 0.462 e. The molecule has 0 amide bonds. The van der Waals surface area contributed by atoms with Crippen molar-refractivity contribution in [2.24, 2.45) is 4.99 Å². The molecule has 0 fully saturated rings. The molecule has 0 aliphatic carbocycles. The summed E-state index contributed by atoms with van der Waals surface area (Å²) >= 11 is 1.30. The predicted octanol–water partition coefficient (Wildman–Crippen LogP) is 1.92. The lowest BCUT2D eigenvalue weighted by atomic mass is 10.3. The number of aromatic nitrogens is 1. The molecule has 1 aromatic rings. The number of hydrogen-bond acceptors (Lipinski definition) is 8. The second kappa shape index (κ2) is 14.1.